The van der Waals surface area contributed by atoms with Crippen LogP contribution in [0.5, 0.6) is 0 Å². The van der Waals surface area contributed by atoms with Gasteiger partial charge in [-0.1, -0.05) is 43.2 Å². The van der Waals surface area contributed by atoms with Gasteiger partial charge >= 0.3 is 5.97 Å². The third-order valence-corrected chi connectivity index (χ3v) is 5.51. The molecule has 1 aliphatic heterocycles. The third kappa shape index (κ3) is 3.38. The van der Waals surface area contributed by atoms with Gasteiger partial charge in [-0.15, -0.1) is 0 Å². The molecule has 6 nitrogen and oxygen atoms in total. The number of benzene rings is 1. The summed E-state index contributed by atoms with van der Waals surface area (Å²) in [6.45, 7) is 2.28. The molecular formula is C19H24N2O4. The van der Waals surface area contributed by atoms with Gasteiger partial charge in [0.25, 0.3) is 0 Å². The van der Waals surface area contributed by atoms with Gasteiger partial charge < -0.3 is 15.3 Å². The molecule has 2 N–H and O–H groups in total. The number of carboxylic acid groups (broad SMARTS) is 1. The highest BCUT2D eigenvalue weighted by atomic mass is 16.4. The van der Waals surface area contributed by atoms with Gasteiger partial charge in [-0.2, -0.15) is 0 Å². The molecule has 2 unspecified atom stereocenters. The average Bonchev–Trinajstić information content (AvgIpc) is 3.22. The molecule has 6 heteroatoms. The molecule has 2 fully saturated rings. The number of hydrogen-bond donors (Lipinski definition) is 2. The standard InChI is InChI=1S/C19H24N2O4/c1-13(14-7-3-2-4-8-14)21-12-15(11-16(21)22)17(23)20-19(18(24)25)9-5-6-10-19/h2-4,7-8,13,15H,5-6,9-12H2,1H3,(H,20,23)(H,24,25). The van der Waals surface area contributed by atoms with Crippen LogP contribution in [0, 0.1) is 5.92 Å². The zero-order valence-electron chi connectivity index (χ0n) is 14.4. The lowest BCUT2D eigenvalue weighted by molar-refractivity contribution is -0.148. The summed E-state index contributed by atoms with van der Waals surface area (Å²) < 4.78 is 0. The van der Waals surface area contributed by atoms with E-state index in [-0.39, 0.29) is 24.3 Å². The maximum absolute atomic E-state index is 12.6. The maximum atomic E-state index is 12.6. The minimum Gasteiger partial charge on any atom is -0.480 e. The summed E-state index contributed by atoms with van der Waals surface area (Å²) in [5.41, 5.74) is -0.131. The van der Waals surface area contributed by atoms with Crippen molar-refractivity contribution in [2.24, 2.45) is 5.92 Å². The van der Waals surface area contributed by atoms with Gasteiger partial charge in [0, 0.05) is 13.0 Å². The van der Waals surface area contributed by atoms with E-state index in [0.717, 1.165) is 18.4 Å². The molecule has 1 saturated carbocycles. The summed E-state index contributed by atoms with van der Waals surface area (Å²) in [4.78, 5) is 38.3. The number of hydrogen-bond acceptors (Lipinski definition) is 3. The molecule has 0 spiro atoms. The van der Waals surface area contributed by atoms with Gasteiger partial charge in [-0.05, 0) is 25.3 Å². The largest absolute Gasteiger partial charge is 0.480 e. The van der Waals surface area contributed by atoms with Crippen molar-refractivity contribution in [3.8, 4) is 0 Å². The molecule has 1 heterocycles. The highest BCUT2D eigenvalue weighted by molar-refractivity contribution is 5.93. The fraction of sp³-hybridized carbons (Fsp3) is 0.526. The fourth-order valence-electron chi connectivity index (χ4n) is 3.90. The molecule has 1 aliphatic carbocycles. The van der Waals surface area contributed by atoms with Crippen LogP contribution in [0.2, 0.25) is 0 Å². The normalized spacial score (nSPS) is 23.5. The fourth-order valence-corrected chi connectivity index (χ4v) is 3.90. The molecule has 1 saturated heterocycles. The molecule has 0 bridgehead atoms. The Labute approximate surface area is 147 Å². The van der Waals surface area contributed by atoms with Crippen molar-refractivity contribution in [1.82, 2.24) is 10.2 Å². The van der Waals surface area contributed by atoms with E-state index in [1.165, 1.54) is 0 Å². The van der Waals surface area contributed by atoms with Crippen LogP contribution in [0.25, 0.3) is 0 Å². The van der Waals surface area contributed by atoms with E-state index in [1.807, 2.05) is 37.3 Å². The summed E-state index contributed by atoms with van der Waals surface area (Å²) in [7, 11) is 0. The van der Waals surface area contributed by atoms with Crippen LogP contribution in [-0.4, -0.2) is 39.9 Å². The molecule has 25 heavy (non-hydrogen) atoms. The van der Waals surface area contributed by atoms with E-state index in [2.05, 4.69) is 5.32 Å². The highest BCUT2D eigenvalue weighted by Gasteiger charge is 2.45. The molecule has 1 aromatic carbocycles. The number of carbonyl (C=O) groups is 3. The number of nitrogens with zero attached hydrogens (tertiary/aromatic N) is 1. The predicted octanol–water partition coefficient (Wildman–Crippen LogP) is 2.11. The smallest absolute Gasteiger partial charge is 0.329 e. The lowest BCUT2D eigenvalue weighted by Crippen LogP contribution is -2.54. The van der Waals surface area contributed by atoms with E-state index in [1.54, 1.807) is 4.90 Å². The van der Waals surface area contributed by atoms with Gasteiger partial charge in [0.15, 0.2) is 0 Å². The Morgan fingerprint density at radius 3 is 2.48 bits per heavy atom. The van der Waals surface area contributed by atoms with E-state index in [4.69, 9.17) is 0 Å². The number of rotatable bonds is 5. The zero-order chi connectivity index (χ0) is 18.0. The molecule has 2 aliphatic rings. The Hall–Kier alpha value is -2.37. The SMILES string of the molecule is CC(c1ccccc1)N1CC(C(=O)NC2(C(=O)O)CCCC2)CC1=O. The monoisotopic (exact) mass is 344 g/mol. The highest BCUT2D eigenvalue weighted by Crippen LogP contribution is 2.32. The zero-order valence-corrected chi connectivity index (χ0v) is 14.4. The van der Waals surface area contributed by atoms with E-state index in [9.17, 15) is 19.5 Å². The third-order valence-electron chi connectivity index (χ3n) is 5.51. The Bertz CT molecular complexity index is 667. The summed E-state index contributed by atoms with van der Waals surface area (Å²) in [6, 6.07) is 9.59. The Morgan fingerprint density at radius 1 is 1.24 bits per heavy atom. The van der Waals surface area contributed by atoms with E-state index >= 15 is 0 Å². The number of carbonyl (C=O) groups excluding carboxylic acids is 2. The van der Waals surface area contributed by atoms with Gasteiger partial charge in [0.05, 0.1) is 12.0 Å². The molecule has 3 rings (SSSR count). The van der Waals surface area contributed by atoms with E-state index in [0.29, 0.717) is 19.4 Å². The van der Waals surface area contributed by atoms with Gasteiger partial charge in [-0.25, -0.2) is 4.79 Å². The number of likely N-dealkylation sites (tertiary alicyclic amines) is 1. The topological polar surface area (TPSA) is 86.7 Å². The van der Waals surface area contributed by atoms with Crippen LogP contribution in [0.15, 0.2) is 30.3 Å². The number of carboxylic acids is 1. The quantitative estimate of drug-likeness (QED) is 0.856. The molecule has 0 aromatic heterocycles. The van der Waals surface area contributed by atoms with E-state index < -0.39 is 17.4 Å². The van der Waals surface area contributed by atoms with Crippen molar-refractivity contribution < 1.29 is 19.5 Å². The van der Waals surface area contributed by atoms with Crippen LogP contribution in [0.3, 0.4) is 0 Å². The van der Waals surface area contributed by atoms with Crippen molar-refractivity contribution in [3.05, 3.63) is 35.9 Å². The maximum Gasteiger partial charge on any atom is 0.329 e. The van der Waals surface area contributed by atoms with Crippen LogP contribution < -0.4 is 5.32 Å². The second-order valence-electron chi connectivity index (χ2n) is 7.12. The van der Waals surface area contributed by atoms with Crippen LogP contribution in [-0.2, 0) is 14.4 Å². The number of amides is 2. The first-order valence-electron chi connectivity index (χ1n) is 8.83. The Morgan fingerprint density at radius 2 is 1.88 bits per heavy atom. The van der Waals surface area contributed by atoms with Crippen LogP contribution in [0.1, 0.15) is 50.6 Å². The van der Waals surface area contributed by atoms with Gasteiger partial charge in [0.2, 0.25) is 11.8 Å². The van der Waals surface area contributed by atoms with Crippen LogP contribution in [0.4, 0.5) is 0 Å². The summed E-state index contributed by atoms with van der Waals surface area (Å²) in [5, 5.41) is 12.2. The lowest BCUT2D eigenvalue weighted by atomic mass is 9.96. The van der Waals surface area contributed by atoms with Crippen molar-refractivity contribution >= 4 is 17.8 Å². The second-order valence-corrected chi connectivity index (χ2v) is 7.12. The minimum atomic E-state index is -1.15. The Kier molecular flexibility index (Phi) is 4.79. The van der Waals surface area contributed by atoms with Crippen molar-refractivity contribution in [2.45, 2.75) is 50.6 Å². The predicted molar refractivity (Wildman–Crippen MR) is 91.7 cm³/mol. The summed E-state index contributed by atoms with van der Waals surface area (Å²) in [5.74, 6) is -1.85. The first kappa shape index (κ1) is 17.5. The van der Waals surface area contributed by atoms with Gasteiger partial charge in [-0.3, -0.25) is 9.59 Å². The average molecular weight is 344 g/mol. The molecular weight excluding hydrogens is 320 g/mol. The number of nitrogens with one attached hydrogen (secondary N) is 1. The van der Waals surface area contributed by atoms with Crippen molar-refractivity contribution in [3.63, 3.8) is 0 Å². The Balaban J connectivity index is 1.67. The summed E-state index contributed by atoms with van der Waals surface area (Å²) in [6.07, 6.45) is 2.65. The van der Waals surface area contributed by atoms with Crippen LogP contribution >= 0.6 is 0 Å². The molecule has 2 atom stereocenters. The molecule has 0 radical (unpaired) electrons. The number of aliphatic carboxylic acids is 1. The first-order chi connectivity index (χ1) is 11.9. The first-order valence-corrected chi connectivity index (χ1v) is 8.83. The van der Waals surface area contributed by atoms with Crippen molar-refractivity contribution in [1.29, 1.82) is 0 Å². The molecule has 1 aromatic rings. The lowest BCUT2D eigenvalue weighted by Gasteiger charge is -2.28. The second kappa shape index (κ2) is 6.86. The minimum absolute atomic E-state index is 0.0627. The molecule has 134 valence electrons. The van der Waals surface area contributed by atoms with Crippen molar-refractivity contribution in [2.75, 3.05) is 6.54 Å². The van der Waals surface area contributed by atoms with Gasteiger partial charge in [0.1, 0.15) is 5.54 Å². The summed E-state index contributed by atoms with van der Waals surface area (Å²) >= 11 is 0. The molecule has 2 amide bonds.